The summed E-state index contributed by atoms with van der Waals surface area (Å²) in [7, 11) is 3.16. The number of hydrogen-bond acceptors (Lipinski definition) is 5. The Hall–Kier alpha value is -3.42. The first-order valence-corrected chi connectivity index (χ1v) is 8.82. The molecular weight excluding hydrogens is 362 g/mol. The van der Waals surface area contributed by atoms with Crippen LogP contribution in [0.3, 0.4) is 0 Å². The number of ether oxygens (including phenoxy) is 1. The van der Waals surface area contributed by atoms with E-state index < -0.39 is 10.8 Å². The Morgan fingerprint density at radius 1 is 1.25 bits per heavy atom. The molecule has 1 atom stereocenters. The maximum Gasteiger partial charge on any atom is 0.274 e. The van der Waals surface area contributed by atoms with Crippen LogP contribution >= 0.6 is 0 Å². The van der Waals surface area contributed by atoms with Gasteiger partial charge in [0.05, 0.1) is 24.5 Å². The number of amides is 2. The summed E-state index contributed by atoms with van der Waals surface area (Å²) in [5.74, 6) is -0.125. The molecule has 1 aliphatic heterocycles. The van der Waals surface area contributed by atoms with Gasteiger partial charge in [-0.2, -0.15) is 0 Å². The average Bonchev–Trinajstić information content (AvgIpc) is 3.09. The van der Waals surface area contributed by atoms with Crippen molar-refractivity contribution < 1.29 is 19.2 Å². The van der Waals surface area contributed by atoms with Crippen LogP contribution in [-0.2, 0) is 16.1 Å². The first-order chi connectivity index (χ1) is 13.4. The number of para-hydroxylation sites is 1. The van der Waals surface area contributed by atoms with Crippen molar-refractivity contribution in [1.82, 2.24) is 4.90 Å². The van der Waals surface area contributed by atoms with Crippen LogP contribution in [0.4, 0.5) is 11.4 Å². The van der Waals surface area contributed by atoms with Gasteiger partial charge in [0.2, 0.25) is 11.8 Å². The third-order valence-corrected chi connectivity index (χ3v) is 4.83. The van der Waals surface area contributed by atoms with E-state index in [9.17, 15) is 19.7 Å². The van der Waals surface area contributed by atoms with E-state index in [2.05, 4.69) is 0 Å². The van der Waals surface area contributed by atoms with E-state index in [0.29, 0.717) is 17.0 Å². The lowest BCUT2D eigenvalue weighted by atomic mass is 10.1. The number of carbonyl (C=O) groups is 2. The molecule has 2 aromatic rings. The molecule has 1 aliphatic rings. The zero-order valence-corrected chi connectivity index (χ0v) is 15.7. The number of nitro benzene ring substituents is 1. The van der Waals surface area contributed by atoms with E-state index in [0.717, 1.165) is 0 Å². The Labute approximate surface area is 162 Å². The van der Waals surface area contributed by atoms with Gasteiger partial charge < -0.3 is 14.5 Å². The molecule has 2 aromatic carbocycles. The number of nitro groups is 1. The van der Waals surface area contributed by atoms with Gasteiger partial charge in [-0.3, -0.25) is 19.7 Å². The van der Waals surface area contributed by atoms with Crippen LogP contribution in [0.5, 0.6) is 5.75 Å². The highest BCUT2D eigenvalue weighted by atomic mass is 16.6. The fourth-order valence-electron chi connectivity index (χ4n) is 3.35. The minimum absolute atomic E-state index is 0.0236. The molecule has 2 amide bonds. The van der Waals surface area contributed by atoms with Gasteiger partial charge in [0, 0.05) is 37.3 Å². The molecule has 1 fully saturated rings. The van der Waals surface area contributed by atoms with Crippen molar-refractivity contribution in [3.63, 3.8) is 0 Å². The highest BCUT2D eigenvalue weighted by molar-refractivity contribution is 6.00. The minimum atomic E-state index is -0.484. The number of hydrogen-bond donors (Lipinski definition) is 0. The summed E-state index contributed by atoms with van der Waals surface area (Å²) in [5.41, 5.74) is 1.15. The quantitative estimate of drug-likeness (QED) is 0.565. The fourth-order valence-corrected chi connectivity index (χ4v) is 3.35. The molecule has 0 saturated carbocycles. The predicted octanol–water partition coefficient (Wildman–Crippen LogP) is 2.61. The van der Waals surface area contributed by atoms with Gasteiger partial charge >= 0.3 is 0 Å². The monoisotopic (exact) mass is 383 g/mol. The van der Waals surface area contributed by atoms with Gasteiger partial charge in [0.15, 0.2) is 0 Å². The Bertz CT molecular complexity index is 897. The number of nitrogens with zero attached hydrogens (tertiary/aromatic N) is 3. The predicted molar refractivity (Wildman–Crippen MR) is 103 cm³/mol. The molecule has 146 valence electrons. The number of anilines is 1. The molecule has 8 heteroatoms. The molecule has 3 rings (SSSR count). The molecule has 0 spiro atoms. The molecule has 1 heterocycles. The maximum absolute atomic E-state index is 12.8. The van der Waals surface area contributed by atoms with Gasteiger partial charge in [-0.15, -0.1) is 0 Å². The molecule has 0 radical (unpaired) electrons. The van der Waals surface area contributed by atoms with Crippen molar-refractivity contribution in [2.45, 2.75) is 13.0 Å². The van der Waals surface area contributed by atoms with Gasteiger partial charge in [-0.1, -0.05) is 18.2 Å². The van der Waals surface area contributed by atoms with Gasteiger partial charge in [-0.05, 0) is 24.3 Å². The maximum atomic E-state index is 12.8. The molecule has 28 heavy (non-hydrogen) atoms. The molecule has 0 aliphatic carbocycles. The summed E-state index contributed by atoms with van der Waals surface area (Å²) in [5, 5.41) is 11.2. The van der Waals surface area contributed by atoms with Crippen LogP contribution in [0.2, 0.25) is 0 Å². The van der Waals surface area contributed by atoms with Crippen LogP contribution in [0.15, 0.2) is 48.5 Å². The molecule has 0 bridgehead atoms. The minimum Gasteiger partial charge on any atom is -0.497 e. The second-order valence-electron chi connectivity index (χ2n) is 6.68. The topological polar surface area (TPSA) is 93.0 Å². The number of rotatable bonds is 6. The summed E-state index contributed by atoms with van der Waals surface area (Å²) in [6.45, 7) is 0.397. The van der Waals surface area contributed by atoms with E-state index in [4.69, 9.17) is 4.74 Å². The third-order valence-electron chi connectivity index (χ3n) is 4.83. The van der Waals surface area contributed by atoms with E-state index in [1.807, 2.05) is 0 Å². The van der Waals surface area contributed by atoms with Gasteiger partial charge in [0.25, 0.3) is 5.69 Å². The molecule has 8 nitrogen and oxygen atoms in total. The summed E-state index contributed by atoms with van der Waals surface area (Å²) < 4.78 is 5.12. The average molecular weight is 383 g/mol. The largest absolute Gasteiger partial charge is 0.497 e. The lowest BCUT2D eigenvalue weighted by Gasteiger charge is -2.21. The first kappa shape index (κ1) is 19.3. The molecule has 0 N–H and O–H groups in total. The standard InChI is InChI=1S/C20H21N3O5/c1-21(12-14-5-3-4-6-18(14)23(26)27)20(25)15-11-19(24)22(13-15)16-7-9-17(28-2)10-8-16/h3-10,15H,11-13H2,1-2H3. The smallest absolute Gasteiger partial charge is 0.274 e. The molecule has 1 saturated heterocycles. The van der Waals surface area contributed by atoms with Crippen LogP contribution in [0, 0.1) is 16.0 Å². The van der Waals surface area contributed by atoms with Crippen molar-refractivity contribution in [2.24, 2.45) is 5.92 Å². The summed E-state index contributed by atoms with van der Waals surface area (Å²) in [6, 6.07) is 13.4. The van der Waals surface area contributed by atoms with E-state index in [1.165, 1.54) is 11.0 Å². The Morgan fingerprint density at radius 2 is 1.93 bits per heavy atom. The van der Waals surface area contributed by atoms with Crippen molar-refractivity contribution >= 4 is 23.2 Å². The Balaban J connectivity index is 1.69. The van der Waals surface area contributed by atoms with Crippen LogP contribution in [0.1, 0.15) is 12.0 Å². The molecular formula is C20H21N3O5. The summed E-state index contributed by atoms with van der Waals surface area (Å²) >= 11 is 0. The highest BCUT2D eigenvalue weighted by Gasteiger charge is 2.36. The Morgan fingerprint density at radius 3 is 2.57 bits per heavy atom. The first-order valence-electron chi connectivity index (χ1n) is 8.82. The van der Waals surface area contributed by atoms with Crippen molar-refractivity contribution in [3.8, 4) is 5.75 Å². The van der Waals surface area contributed by atoms with Crippen LogP contribution in [0.25, 0.3) is 0 Å². The lowest BCUT2D eigenvalue weighted by Crippen LogP contribution is -2.34. The Kier molecular flexibility index (Phi) is 5.58. The number of benzene rings is 2. The highest BCUT2D eigenvalue weighted by Crippen LogP contribution is 2.28. The zero-order valence-electron chi connectivity index (χ0n) is 15.7. The molecule has 0 aromatic heterocycles. The number of methoxy groups -OCH3 is 1. The number of carbonyl (C=O) groups excluding carboxylic acids is 2. The van der Waals surface area contributed by atoms with E-state index >= 15 is 0 Å². The fraction of sp³-hybridized carbons (Fsp3) is 0.300. The second kappa shape index (κ2) is 8.08. The summed E-state index contributed by atoms with van der Waals surface area (Å²) in [4.78, 5) is 38.9. The molecule has 1 unspecified atom stereocenters. The second-order valence-corrected chi connectivity index (χ2v) is 6.68. The third kappa shape index (κ3) is 3.95. The zero-order chi connectivity index (χ0) is 20.3. The van der Waals surface area contributed by atoms with Gasteiger partial charge in [0.1, 0.15) is 5.75 Å². The SMILES string of the molecule is COc1ccc(N2CC(C(=O)N(C)Cc3ccccc3[N+](=O)[O-])CC2=O)cc1. The summed E-state index contributed by atoms with van der Waals surface area (Å²) in [6.07, 6.45) is 0.117. The normalized spacial score (nSPS) is 16.1. The van der Waals surface area contributed by atoms with Crippen molar-refractivity contribution in [1.29, 1.82) is 0 Å². The van der Waals surface area contributed by atoms with E-state index in [-0.39, 0.29) is 37.0 Å². The van der Waals surface area contributed by atoms with Crippen LogP contribution in [-0.4, -0.2) is 42.3 Å². The van der Waals surface area contributed by atoms with Crippen molar-refractivity contribution in [3.05, 3.63) is 64.2 Å². The van der Waals surface area contributed by atoms with Crippen molar-refractivity contribution in [2.75, 3.05) is 25.6 Å². The van der Waals surface area contributed by atoms with Crippen LogP contribution < -0.4 is 9.64 Å². The lowest BCUT2D eigenvalue weighted by molar-refractivity contribution is -0.385. The van der Waals surface area contributed by atoms with E-state index in [1.54, 1.807) is 61.5 Å². The van der Waals surface area contributed by atoms with Gasteiger partial charge in [-0.25, -0.2) is 0 Å².